The largest absolute Gasteiger partial charge is 0.377 e. The third-order valence-electron chi connectivity index (χ3n) is 3.63. The molecule has 0 aliphatic carbocycles. The molecule has 1 aromatic carbocycles. The van der Waals surface area contributed by atoms with Crippen LogP contribution in [0.25, 0.3) is 0 Å². The lowest BCUT2D eigenvalue weighted by atomic mass is 10.1. The molecule has 4 heteroatoms. The molecule has 1 aliphatic rings. The molecule has 1 aromatic rings. The Hall–Kier alpha value is -1.41. The van der Waals surface area contributed by atoms with Crippen molar-refractivity contribution in [1.82, 2.24) is 4.90 Å². The van der Waals surface area contributed by atoms with Gasteiger partial charge >= 0.3 is 0 Å². The van der Waals surface area contributed by atoms with Gasteiger partial charge < -0.3 is 10.5 Å². The first kappa shape index (κ1) is 16.0. The second kappa shape index (κ2) is 8.14. The molecule has 0 bridgehead atoms. The SMILES string of the molecule is CCN(Cc1cc(F)cc(C#CCN)c1)CC1CCCO1. The number of benzene rings is 1. The summed E-state index contributed by atoms with van der Waals surface area (Å²) in [6.07, 6.45) is 2.57. The van der Waals surface area contributed by atoms with Crippen molar-refractivity contribution in [3.63, 3.8) is 0 Å². The minimum absolute atomic E-state index is 0.248. The fourth-order valence-corrected chi connectivity index (χ4v) is 2.61. The molecular formula is C17H23FN2O. The smallest absolute Gasteiger partial charge is 0.124 e. The minimum atomic E-state index is -0.248. The van der Waals surface area contributed by atoms with E-state index >= 15 is 0 Å². The molecule has 1 saturated heterocycles. The highest BCUT2D eigenvalue weighted by atomic mass is 19.1. The van der Waals surface area contributed by atoms with Crippen molar-refractivity contribution in [3.8, 4) is 11.8 Å². The van der Waals surface area contributed by atoms with Crippen LogP contribution in [-0.4, -0.2) is 37.2 Å². The van der Waals surface area contributed by atoms with Crippen LogP contribution < -0.4 is 5.73 Å². The van der Waals surface area contributed by atoms with Gasteiger partial charge in [0.15, 0.2) is 0 Å². The molecule has 1 aliphatic heterocycles. The van der Waals surface area contributed by atoms with Gasteiger partial charge in [-0.3, -0.25) is 4.90 Å². The first-order valence-corrected chi connectivity index (χ1v) is 7.53. The summed E-state index contributed by atoms with van der Waals surface area (Å²) in [5.41, 5.74) is 6.98. The van der Waals surface area contributed by atoms with Gasteiger partial charge in [0.25, 0.3) is 0 Å². The third-order valence-corrected chi connectivity index (χ3v) is 3.63. The molecule has 0 radical (unpaired) electrons. The van der Waals surface area contributed by atoms with Gasteiger partial charge in [-0.2, -0.15) is 0 Å². The summed E-state index contributed by atoms with van der Waals surface area (Å²) in [6.45, 7) is 5.79. The Bertz CT molecular complexity index is 515. The molecule has 0 amide bonds. The summed E-state index contributed by atoms with van der Waals surface area (Å²) in [5, 5.41) is 0. The predicted octanol–water partition coefficient (Wildman–Crippen LogP) is 2.14. The maximum absolute atomic E-state index is 13.7. The lowest BCUT2D eigenvalue weighted by Gasteiger charge is -2.23. The number of nitrogens with zero attached hydrogens (tertiary/aromatic N) is 1. The van der Waals surface area contributed by atoms with Crippen molar-refractivity contribution < 1.29 is 9.13 Å². The van der Waals surface area contributed by atoms with Crippen LogP contribution in [0.5, 0.6) is 0 Å². The van der Waals surface area contributed by atoms with Gasteiger partial charge in [-0.1, -0.05) is 18.8 Å². The van der Waals surface area contributed by atoms with Crippen LogP contribution in [0.4, 0.5) is 4.39 Å². The Morgan fingerprint density at radius 1 is 1.43 bits per heavy atom. The zero-order valence-electron chi connectivity index (χ0n) is 12.6. The topological polar surface area (TPSA) is 38.5 Å². The third kappa shape index (κ3) is 5.13. The van der Waals surface area contributed by atoms with Crippen molar-refractivity contribution in [2.45, 2.75) is 32.4 Å². The Balaban J connectivity index is 2.03. The van der Waals surface area contributed by atoms with E-state index in [0.29, 0.717) is 18.2 Å². The molecular weight excluding hydrogens is 267 g/mol. The van der Waals surface area contributed by atoms with E-state index in [1.807, 2.05) is 6.07 Å². The van der Waals surface area contributed by atoms with Crippen molar-refractivity contribution >= 4 is 0 Å². The van der Waals surface area contributed by atoms with Crippen LogP contribution in [0.3, 0.4) is 0 Å². The maximum Gasteiger partial charge on any atom is 0.124 e. The van der Waals surface area contributed by atoms with E-state index in [4.69, 9.17) is 10.5 Å². The molecule has 1 atom stereocenters. The van der Waals surface area contributed by atoms with Gasteiger partial charge in [-0.05, 0) is 43.1 Å². The van der Waals surface area contributed by atoms with E-state index in [-0.39, 0.29) is 12.4 Å². The Labute approximate surface area is 126 Å². The number of hydrogen-bond acceptors (Lipinski definition) is 3. The molecule has 0 saturated carbocycles. The Kier molecular flexibility index (Phi) is 6.19. The molecule has 1 fully saturated rings. The zero-order valence-corrected chi connectivity index (χ0v) is 12.6. The summed E-state index contributed by atoms with van der Waals surface area (Å²) in [4.78, 5) is 2.28. The number of likely N-dealkylation sites (N-methyl/N-ethyl adjacent to an activating group) is 1. The van der Waals surface area contributed by atoms with Crippen LogP contribution in [0.2, 0.25) is 0 Å². The number of ether oxygens (including phenoxy) is 1. The second-order valence-corrected chi connectivity index (χ2v) is 5.32. The van der Waals surface area contributed by atoms with Gasteiger partial charge in [-0.15, -0.1) is 0 Å². The monoisotopic (exact) mass is 290 g/mol. The highest BCUT2D eigenvalue weighted by Crippen LogP contribution is 2.16. The molecule has 0 spiro atoms. The number of rotatable bonds is 5. The fraction of sp³-hybridized carbons (Fsp3) is 0.529. The van der Waals surface area contributed by atoms with Crippen molar-refractivity contribution in [2.24, 2.45) is 5.73 Å². The van der Waals surface area contributed by atoms with Crippen LogP contribution in [-0.2, 0) is 11.3 Å². The van der Waals surface area contributed by atoms with Crippen molar-refractivity contribution in [2.75, 3.05) is 26.2 Å². The van der Waals surface area contributed by atoms with E-state index in [9.17, 15) is 4.39 Å². The minimum Gasteiger partial charge on any atom is -0.377 e. The van der Waals surface area contributed by atoms with E-state index in [1.165, 1.54) is 6.07 Å². The summed E-state index contributed by atoms with van der Waals surface area (Å²) in [5.74, 6) is 5.41. The average Bonchev–Trinajstić information content (AvgIpc) is 2.96. The molecule has 2 N–H and O–H groups in total. The highest BCUT2D eigenvalue weighted by molar-refractivity contribution is 5.38. The van der Waals surface area contributed by atoms with Gasteiger partial charge in [0.2, 0.25) is 0 Å². The Morgan fingerprint density at radius 3 is 2.95 bits per heavy atom. The fourth-order valence-electron chi connectivity index (χ4n) is 2.61. The van der Waals surface area contributed by atoms with Gasteiger partial charge in [0, 0.05) is 25.3 Å². The maximum atomic E-state index is 13.7. The Morgan fingerprint density at radius 2 is 2.29 bits per heavy atom. The van der Waals surface area contributed by atoms with Crippen LogP contribution >= 0.6 is 0 Å². The second-order valence-electron chi connectivity index (χ2n) is 5.32. The summed E-state index contributed by atoms with van der Waals surface area (Å²) >= 11 is 0. The molecule has 2 rings (SSSR count). The quantitative estimate of drug-likeness (QED) is 0.844. The molecule has 21 heavy (non-hydrogen) atoms. The van der Waals surface area contributed by atoms with E-state index < -0.39 is 0 Å². The lowest BCUT2D eigenvalue weighted by Crippen LogP contribution is -2.31. The average molecular weight is 290 g/mol. The van der Waals surface area contributed by atoms with Crippen molar-refractivity contribution in [3.05, 3.63) is 35.1 Å². The van der Waals surface area contributed by atoms with Gasteiger partial charge in [0.1, 0.15) is 5.82 Å². The molecule has 1 heterocycles. The normalized spacial score (nSPS) is 17.8. The highest BCUT2D eigenvalue weighted by Gasteiger charge is 2.18. The predicted molar refractivity (Wildman–Crippen MR) is 82.3 cm³/mol. The van der Waals surface area contributed by atoms with Gasteiger partial charge in [0.05, 0.1) is 12.6 Å². The van der Waals surface area contributed by atoms with E-state index in [2.05, 4.69) is 23.7 Å². The zero-order chi connectivity index (χ0) is 15.1. The molecule has 0 aromatic heterocycles. The number of hydrogen-bond donors (Lipinski definition) is 1. The first-order valence-electron chi connectivity index (χ1n) is 7.53. The van der Waals surface area contributed by atoms with Crippen LogP contribution in [0, 0.1) is 17.7 Å². The van der Waals surface area contributed by atoms with Crippen LogP contribution in [0.1, 0.15) is 30.9 Å². The van der Waals surface area contributed by atoms with Crippen molar-refractivity contribution in [1.29, 1.82) is 0 Å². The summed E-state index contributed by atoms with van der Waals surface area (Å²) in [6, 6.07) is 4.96. The summed E-state index contributed by atoms with van der Waals surface area (Å²) in [7, 11) is 0. The molecule has 3 nitrogen and oxygen atoms in total. The summed E-state index contributed by atoms with van der Waals surface area (Å²) < 4.78 is 19.3. The number of halogens is 1. The lowest BCUT2D eigenvalue weighted by molar-refractivity contribution is 0.0724. The molecule has 114 valence electrons. The van der Waals surface area contributed by atoms with E-state index in [1.54, 1.807) is 6.07 Å². The van der Waals surface area contributed by atoms with E-state index in [0.717, 1.165) is 38.1 Å². The number of nitrogens with two attached hydrogens (primary N) is 1. The first-order chi connectivity index (χ1) is 10.2. The molecule has 1 unspecified atom stereocenters. The van der Waals surface area contributed by atoms with Gasteiger partial charge in [-0.25, -0.2) is 4.39 Å². The van der Waals surface area contributed by atoms with Crippen LogP contribution in [0.15, 0.2) is 18.2 Å². The standard InChI is InChI=1S/C17H23FN2O/c1-2-20(13-17-6-4-8-21-17)12-15-9-14(5-3-7-19)10-16(18)11-15/h9-11,17H,2,4,6-8,12-13,19H2,1H3.